The third-order valence-electron chi connectivity index (χ3n) is 4.80. The maximum absolute atomic E-state index is 12.5. The first-order chi connectivity index (χ1) is 16.9. The average molecular weight is 509 g/mol. The molecular formula is C27H22Cl2N2O4. The summed E-state index contributed by atoms with van der Waals surface area (Å²) in [6.07, 6.45) is 3.45. The van der Waals surface area contributed by atoms with Crippen LogP contribution in [-0.4, -0.2) is 18.5 Å². The average Bonchev–Trinajstić information content (AvgIpc) is 2.86. The fourth-order valence-corrected chi connectivity index (χ4v) is 3.26. The molecule has 0 radical (unpaired) electrons. The molecule has 8 heteroatoms. The summed E-state index contributed by atoms with van der Waals surface area (Å²) >= 11 is 12.0. The zero-order valence-corrected chi connectivity index (χ0v) is 20.4. The van der Waals surface area contributed by atoms with Crippen molar-refractivity contribution in [1.82, 2.24) is 0 Å². The molecule has 3 rings (SSSR count). The number of halogens is 2. The molecule has 0 aliphatic heterocycles. The van der Waals surface area contributed by atoms with E-state index in [1.54, 1.807) is 42.5 Å². The largest absolute Gasteiger partial charge is 0.494 e. The van der Waals surface area contributed by atoms with E-state index in [4.69, 9.17) is 32.7 Å². The van der Waals surface area contributed by atoms with Crippen molar-refractivity contribution in [2.45, 2.75) is 19.8 Å². The molecule has 6 nitrogen and oxygen atoms in total. The summed E-state index contributed by atoms with van der Waals surface area (Å²) in [5.41, 5.74) is 1.19. The van der Waals surface area contributed by atoms with Gasteiger partial charge in [0.25, 0.3) is 5.91 Å². The molecule has 0 aliphatic carbocycles. The molecule has 3 aromatic carbocycles. The monoisotopic (exact) mass is 508 g/mol. The molecular weight excluding hydrogens is 487 g/mol. The van der Waals surface area contributed by atoms with Crippen molar-refractivity contribution in [3.63, 3.8) is 0 Å². The van der Waals surface area contributed by atoms with Gasteiger partial charge in [-0.05, 0) is 72.7 Å². The van der Waals surface area contributed by atoms with Gasteiger partial charge in [-0.15, -0.1) is 0 Å². The molecule has 0 aliphatic rings. The molecule has 0 fully saturated rings. The molecule has 1 amide bonds. The van der Waals surface area contributed by atoms with Crippen LogP contribution < -0.4 is 14.8 Å². The summed E-state index contributed by atoms with van der Waals surface area (Å²) < 4.78 is 10.9. The molecule has 0 unspecified atom stereocenters. The third kappa shape index (κ3) is 7.61. The van der Waals surface area contributed by atoms with Gasteiger partial charge in [0.05, 0.1) is 17.3 Å². The standard InChI is InChI=1S/C27H22Cl2N2O4/c1-2-3-14-34-22-9-4-18(5-10-22)15-20(17-30)27(33)35-23-11-6-19(7-12-23)26(32)31-25-16-21(28)8-13-24(25)29/h4-13,15-16H,2-3,14H2,1H3,(H,31,32)/b20-15+. The maximum atomic E-state index is 12.5. The van der Waals surface area contributed by atoms with Gasteiger partial charge in [0.1, 0.15) is 23.1 Å². The Labute approximate surface area is 213 Å². The van der Waals surface area contributed by atoms with E-state index in [1.165, 1.54) is 30.3 Å². The second-order valence-electron chi connectivity index (χ2n) is 7.43. The van der Waals surface area contributed by atoms with E-state index in [1.807, 2.05) is 6.07 Å². The first-order valence-electron chi connectivity index (χ1n) is 10.8. The van der Waals surface area contributed by atoms with Crippen molar-refractivity contribution in [2.24, 2.45) is 0 Å². The predicted octanol–water partition coefficient (Wildman–Crippen LogP) is 6.94. The fraction of sp³-hybridized carbons (Fsp3) is 0.148. The van der Waals surface area contributed by atoms with E-state index in [0.29, 0.717) is 33.5 Å². The number of benzene rings is 3. The second kappa shape index (κ2) is 12.6. The lowest BCUT2D eigenvalue weighted by Crippen LogP contribution is -2.13. The lowest BCUT2D eigenvalue weighted by atomic mass is 10.1. The van der Waals surface area contributed by atoms with Gasteiger partial charge in [-0.1, -0.05) is 48.7 Å². The van der Waals surface area contributed by atoms with Crippen LogP contribution in [0.4, 0.5) is 5.69 Å². The Bertz CT molecular complexity index is 1260. The zero-order chi connectivity index (χ0) is 25.2. The van der Waals surface area contributed by atoms with Crippen molar-refractivity contribution >= 4 is 46.8 Å². The summed E-state index contributed by atoms with van der Waals surface area (Å²) in [6.45, 7) is 2.72. The van der Waals surface area contributed by atoms with E-state index < -0.39 is 11.9 Å². The Morgan fingerprint density at radius 1 is 1.00 bits per heavy atom. The molecule has 0 saturated carbocycles. The quantitative estimate of drug-likeness (QED) is 0.111. The second-order valence-corrected chi connectivity index (χ2v) is 8.28. The summed E-state index contributed by atoms with van der Waals surface area (Å²) in [7, 11) is 0. The number of carbonyl (C=O) groups excluding carboxylic acids is 2. The van der Waals surface area contributed by atoms with Crippen LogP contribution in [0.5, 0.6) is 11.5 Å². The first-order valence-corrected chi connectivity index (χ1v) is 11.6. The summed E-state index contributed by atoms with van der Waals surface area (Å²) in [5.74, 6) is -0.308. The molecule has 1 N–H and O–H groups in total. The van der Waals surface area contributed by atoms with Crippen molar-refractivity contribution < 1.29 is 19.1 Å². The van der Waals surface area contributed by atoms with Crippen molar-refractivity contribution in [2.75, 3.05) is 11.9 Å². The van der Waals surface area contributed by atoms with Crippen LogP contribution in [0.25, 0.3) is 6.08 Å². The van der Waals surface area contributed by atoms with E-state index in [2.05, 4.69) is 12.2 Å². The van der Waals surface area contributed by atoms with Gasteiger partial charge in [0, 0.05) is 10.6 Å². The molecule has 35 heavy (non-hydrogen) atoms. The number of anilines is 1. The summed E-state index contributed by atoms with van der Waals surface area (Å²) in [5, 5.41) is 12.9. The highest BCUT2D eigenvalue weighted by Gasteiger charge is 2.14. The normalized spacial score (nSPS) is 10.9. The number of nitrogens with one attached hydrogen (secondary N) is 1. The van der Waals surface area contributed by atoms with Crippen LogP contribution in [0.1, 0.15) is 35.7 Å². The van der Waals surface area contributed by atoms with E-state index in [-0.39, 0.29) is 11.3 Å². The number of rotatable bonds is 9. The number of hydrogen-bond acceptors (Lipinski definition) is 5. The van der Waals surface area contributed by atoms with E-state index in [9.17, 15) is 14.9 Å². The molecule has 0 saturated heterocycles. The zero-order valence-electron chi connectivity index (χ0n) is 18.9. The van der Waals surface area contributed by atoms with Gasteiger partial charge in [-0.25, -0.2) is 4.79 Å². The number of nitriles is 1. The summed E-state index contributed by atoms with van der Waals surface area (Å²) in [6, 6.07) is 19.6. The van der Waals surface area contributed by atoms with E-state index >= 15 is 0 Å². The number of unbranched alkanes of at least 4 members (excludes halogenated alkanes) is 1. The van der Waals surface area contributed by atoms with Crippen LogP contribution in [0.2, 0.25) is 10.0 Å². The topological polar surface area (TPSA) is 88.4 Å². The van der Waals surface area contributed by atoms with Crippen LogP contribution in [0.15, 0.2) is 72.3 Å². The van der Waals surface area contributed by atoms with Crippen molar-refractivity contribution in [3.05, 3.63) is 93.5 Å². The maximum Gasteiger partial charge on any atom is 0.354 e. The molecule has 0 bridgehead atoms. The molecule has 0 aromatic heterocycles. The molecule has 0 heterocycles. The van der Waals surface area contributed by atoms with Gasteiger partial charge in [0.2, 0.25) is 0 Å². The van der Waals surface area contributed by atoms with Gasteiger partial charge >= 0.3 is 5.97 Å². The Morgan fingerprint density at radius 3 is 2.34 bits per heavy atom. The van der Waals surface area contributed by atoms with Gasteiger partial charge in [-0.3, -0.25) is 4.79 Å². The predicted molar refractivity (Wildman–Crippen MR) is 137 cm³/mol. The third-order valence-corrected chi connectivity index (χ3v) is 5.37. The lowest BCUT2D eigenvalue weighted by molar-refractivity contribution is -0.129. The van der Waals surface area contributed by atoms with Gasteiger partial charge in [-0.2, -0.15) is 5.26 Å². The Morgan fingerprint density at radius 2 is 1.69 bits per heavy atom. The van der Waals surface area contributed by atoms with Crippen LogP contribution in [-0.2, 0) is 4.79 Å². The number of carbonyl (C=O) groups is 2. The van der Waals surface area contributed by atoms with Crippen LogP contribution in [0, 0.1) is 11.3 Å². The minimum Gasteiger partial charge on any atom is -0.494 e. The number of esters is 1. The van der Waals surface area contributed by atoms with Crippen LogP contribution >= 0.6 is 23.2 Å². The Balaban J connectivity index is 1.62. The number of hydrogen-bond donors (Lipinski definition) is 1. The molecule has 0 atom stereocenters. The highest BCUT2D eigenvalue weighted by Crippen LogP contribution is 2.26. The van der Waals surface area contributed by atoms with Gasteiger partial charge in [0.15, 0.2) is 0 Å². The van der Waals surface area contributed by atoms with Crippen molar-refractivity contribution in [1.29, 1.82) is 5.26 Å². The first kappa shape index (κ1) is 25.8. The van der Waals surface area contributed by atoms with Crippen LogP contribution in [0.3, 0.4) is 0 Å². The highest BCUT2D eigenvalue weighted by atomic mass is 35.5. The number of ether oxygens (including phenoxy) is 2. The van der Waals surface area contributed by atoms with Crippen molar-refractivity contribution in [3.8, 4) is 17.6 Å². The van der Waals surface area contributed by atoms with E-state index in [0.717, 1.165) is 18.6 Å². The minimum atomic E-state index is -0.807. The Kier molecular flexibility index (Phi) is 9.31. The highest BCUT2D eigenvalue weighted by molar-refractivity contribution is 6.35. The fourth-order valence-electron chi connectivity index (χ4n) is 2.92. The summed E-state index contributed by atoms with van der Waals surface area (Å²) in [4.78, 5) is 25.0. The van der Waals surface area contributed by atoms with Gasteiger partial charge < -0.3 is 14.8 Å². The minimum absolute atomic E-state index is 0.165. The number of nitrogens with zero attached hydrogens (tertiary/aromatic N) is 1. The lowest BCUT2D eigenvalue weighted by Gasteiger charge is -2.09. The Hall–Kier alpha value is -3.79. The molecule has 3 aromatic rings. The number of amides is 1. The smallest absolute Gasteiger partial charge is 0.354 e. The molecule has 178 valence electrons. The SMILES string of the molecule is CCCCOc1ccc(/C=C(\C#N)C(=O)Oc2ccc(C(=O)Nc3cc(Cl)ccc3Cl)cc2)cc1. The molecule has 0 spiro atoms.